The third-order valence-electron chi connectivity index (χ3n) is 4.51. The zero-order valence-electron chi connectivity index (χ0n) is 12.0. The zero-order chi connectivity index (χ0) is 14.0. The van der Waals surface area contributed by atoms with Gasteiger partial charge in [0.2, 0.25) is 5.89 Å². The van der Waals surface area contributed by atoms with E-state index in [9.17, 15) is 0 Å². The molecule has 20 heavy (non-hydrogen) atoms. The summed E-state index contributed by atoms with van der Waals surface area (Å²) in [5.74, 6) is 1.56. The van der Waals surface area contributed by atoms with Gasteiger partial charge in [-0.15, -0.1) is 0 Å². The Hall–Kier alpha value is -1.55. The molecule has 1 aliphatic carbocycles. The molecule has 1 aromatic heterocycles. The first-order chi connectivity index (χ1) is 9.79. The smallest absolute Gasteiger partial charge is 0.203 e. The molecule has 0 aliphatic heterocycles. The summed E-state index contributed by atoms with van der Waals surface area (Å²) >= 11 is 0. The molecule has 1 fully saturated rings. The minimum atomic E-state index is -0.0967. The van der Waals surface area contributed by atoms with Gasteiger partial charge in [-0.3, -0.25) is 0 Å². The van der Waals surface area contributed by atoms with Crippen molar-refractivity contribution in [3.63, 3.8) is 0 Å². The highest BCUT2D eigenvalue weighted by Crippen LogP contribution is 2.39. The van der Waals surface area contributed by atoms with Crippen molar-refractivity contribution in [2.24, 2.45) is 5.73 Å². The number of methoxy groups -OCH3 is 1. The molecule has 2 aromatic rings. The van der Waals surface area contributed by atoms with Crippen molar-refractivity contribution in [3.8, 4) is 5.75 Å². The predicted octanol–water partition coefficient (Wildman–Crippen LogP) is 3.39. The molecule has 1 aromatic carbocycles. The quantitative estimate of drug-likeness (QED) is 0.871. The summed E-state index contributed by atoms with van der Waals surface area (Å²) in [5, 5.41) is 0. The van der Waals surface area contributed by atoms with E-state index in [-0.39, 0.29) is 5.41 Å². The second-order valence-corrected chi connectivity index (χ2v) is 5.72. The molecule has 0 spiro atoms. The fourth-order valence-electron chi connectivity index (χ4n) is 3.23. The summed E-state index contributed by atoms with van der Waals surface area (Å²) in [6, 6.07) is 5.78. The number of benzene rings is 1. The Labute approximate surface area is 119 Å². The molecule has 1 saturated carbocycles. The van der Waals surface area contributed by atoms with Gasteiger partial charge in [0, 0.05) is 6.54 Å². The van der Waals surface area contributed by atoms with Crippen LogP contribution in [-0.4, -0.2) is 18.6 Å². The zero-order valence-corrected chi connectivity index (χ0v) is 12.0. The molecule has 0 saturated heterocycles. The third kappa shape index (κ3) is 2.18. The Morgan fingerprint density at radius 1 is 1.25 bits per heavy atom. The van der Waals surface area contributed by atoms with Gasteiger partial charge in [0.25, 0.3) is 0 Å². The van der Waals surface area contributed by atoms with Crippen molar-refractivity contribution in [2.75, 3.05) is 13.7 Å². The lowest BCUT2D eigenvalue weighted by Gasteiger charge is -2.27. The number of hydrogen-bond donors (Lipinski definition) is 1. The van der Waals surface area contributed by atoms with Crippen molar-refractivity contribution in [3.05, 3.63) is 24.1 Å². The minimum Gasteiger partial charge on any atom is -0.494 e. The average molecular weight is 274 g/mol. The molecule has 0 unspecified atom stereocenters. The topological polar surface area (TPSA) is 61.3 Å². The van der Waals surface area contributed by atoms with E-state index >= 15 is 0 Å². The van der Waals surface area contributed by atoms with E-state index in [1.165, 1.54) is 25.7 Å². The maximum atomic E-state index is 6.10. The summed E-state index contributed by atoms with van der Waals surface area (Å²) in [7, 11) is 1.66. The Morgan fingerprint density at radius 3 is 2.65 bits per heavy atom. The summed E-state index contributed by atoms with van der Waals surface area (Å²) in [6.45, 7) is 0.599. The molecule has 3 rings (SSSR count). The number of nitrogens with two attached hydrogens (primary N) is 1. The van der Waals surface area contributed by atoms with Crippen molar-refractivity contribution < 1.29 is 9.15 Å². The molecule has 0 atom stereocenters. The van der Waals surface area contributed by atoms with Crippen LogP contribution in [0.1, 0.15) is 44.4 Å². The lowest BCUT2D eigenvalue weighted by atomic mass is 9.80. The lowest BCUT2D eigenvalue weighted by Crippen LogP contribution is -2.35. The van der Waals surface area contributed by atoms with Gasteiger partial charge in [0.1, 0.15) is 5.75 Å². The van der Waals surface area contributed by atoms with Crippen LogP contribution in [0.3, 0.4) is 0 Å². The second kappa shape index (κ2) is 5.44. The second-order valence-electron chi connectivity index (χ2n) is 5.72. The number of hydrogen-bond acceptors (Lipinski definition) is 4. The molecule has 0 radical (unpaired) electrons. The highest BCUT2D eigenvalue weighted by molar-refractivity contribution is 5.79. The fraction of sp³-hybridized carbons (Fsp3) is 0.562. The lowest BCUT2D eigenvalue weighted by molar-refractivity contribution is 0.300. The van der Waals surface area contributed by atoms with Gasteiger partial charge in [-0.25, -0.2) is 4.98 Å². The van der Waals surface area contributed by atoms with Gasteiger partial charge >= 0.3 is 0 Å². The van der Waals surface area contributed by atoms with Crippen LogP contribution in [-0.2, 0) is 5.41 Å². The molecular weight excluding hydrogens is 252 g/mol. The van der Waals surface area contributed by atoms with E-state index in [2.05, 4.69) is 0 Å². The molecule has 2 N–H and O–H groups in total. The van der Waals surface area contributed by atoms with Gasteiger partial charge in [0.15, 0.2) is 11.1 Å². The monoisotopic (exact) mass is 274 g/mol. The van der Waals surface area contributed by atoms with Crippen LogP contribution in [0.2, 0.25) is 0 Å². The van der Waals surface area contributed by atoms with Crippen LogP contribution < -0.4 is 10.5 Å². The highest BCUT2D eigenvalue weighted by Gasteiger charge is 2.36. The molecular formula is C16H22N2O2. The first kappa shape index (κ1) is 13.4. The number of ether oxygens (including phenoxy) is 1. The molecule has 108 valence electrons. The van der Waals surface area contributed by atoms with E-state index in [0.29, 0.717) is 6.54 Å². The summed E-state index contributed by atoms with van der Waals surface area (Å²) < 4.78 is 11.4. The number of aromatic nitrogens is 1. The van der Waals surface area contributed by atoms with Crippen LogP contribution in [0.4, 0.5) is 0 Å². The van der Waals surface area contributed by atoms with Crippen LogP contribution >= 0.6 is 0 Å². The van der Waals surface area contributed by atoms with Crippen LogP contribution in [0, 0.1) is 0 Å². The number of rotatable bonds is 3. The molecule has 0 bridgehead atoms. The molecule has 4 nitrogen and oxygen atoms in total. The molecule has 4 heteroatoms. The van der Waals surface area contributed by atoms with Crippen molar-refractivity contribution in [2.45, 2.75) is 43.9 Å². The van der Waals surface area contributed by atoms with Gasteiger partial charge in [-0.1, -0.05) is 31.7 Å². The van der Waals surface area contributed by atoms with Crippen LogP contribution in [0.5, 0.6) is 5.75 Å². The van der Waals surface area contributed by atoms with Crippen molar-refractivity contribution >= 4 is 11.1 Å². The molecule has 1 aliphatic rings. The Kier molecular flexibility index (Phi) is 3.66. The number of nitrogens with zero attached hydrogens (tertiary/aromatic N) is 1. The largest absolute Gasteiger partial charge is 0.494 e. The SMILES string of the molecule is COc1cccc2oc(C3(CN)CCCCCC3)nc12. The van der Waals surface area contributed by atoms with Gasteiger partial charge in [0.05, 0.1) is 12.5 Å². The molecule has 1 heterocycles. The average Bonchev–Trinajstić information content (AvgIpc) is 2.78. The number of para-hydroxylation sites is 1. The number of fused-ring (bicyclic) bond motifs is 1. The fourth-order valence-corrected chi connectivity index (χ4v) is 3.23. The van der Waals surface area contributed by atoms with Crippen LogP contribution in [0.15, 0.2) is 22.6 Å². The van der Waals surface area contributed by atoms with Gasteiger partial charge in [-0.2, -0.15) is 0 Å². The summed E-state index contributed by atoms with van der Waals surface area (Å²) in [6.07, 6.45) is 7.11. The third-order valence-corrected chi connectivity index (χ3v) is 4.51. The predicted molar refractivity (Wildman–Crippen MR) is 79.0 cm³/mol. The van der Waals surface area contributed by atoms with E-state index in [0.717, 1.165) is 35.6 Å². The Morgan fingerprint density at radius 2 is 2.00 bits per heavy atom. The van der Waals surface area contributed by atoms with E-state index in [4.69, 9.17) is 19.9 Å². The normalized spacial score (nSPS) is 18.9. The maximum Gasteiger partial charge on any atom is 0.203 e. The van der Waals surface area contributed by atoms with Crippen molar-refractivity contribution in [1.29, 1.82) is 0 Å². The maximum absolute atomic E-state index is 6.10. The Bertz CT molecular complexity index is 583. The van der Waals surface area contributed by atoms with E-state index in [1.807, 2.05) is 18.2 Å². The standard InChI is InChI=1S/C16H22N2O2/c1-19-12-7-6-8-13-14(12)18-15(20-13)16(11-17)9-4-2-3-5-10-16/h6-8H,2-5,9-11,17H2,1H3. The van der Waals surface area contributed by atoms with Gasteiger partial charge < -0.3 is 14.9 Å². The minimum absolute atomic E-state index is 0.0967. The van der Waals surface area contributed by atoms with Crippen molar-refractivity contribution in [1.82, 2.24) is 4.98 Å². The van der Waals surface area contributed by atoms with Crippen LogP contribution in [0.25, 0.3) is 11.1 Å². The number of oxazole rings is 1. The van der Waals surface area contributed by atoms with E-state index in [1.54, 1.807) is 7.11 Å². The van der Waals surface area contributed by atoms with Gasteiger partial charge in [-0.05, 0) is 25.0 Å². The summed E-state index contributed by atoms with van der Waals surface area (Å²) in [5.41, 5.74) is 7.60. The summed E-state index contributed by atoms with van der Waals surface area (Å²) in [4.78, 5) is 4.72. The van der Waals surface area contributed by atoms with E-state index < -0.39 is 0 Å². The molecule has 0 amide bonds. The highest BCUT2D eigenvalue weighted by atomic mass is 16.5. The first-order valence-corrected chi connectivity index (χ1v) is 7.43. The first-order valence-electron chi connectivity index (χ1n) is 7.43. The Balaban J connectivity index is 2.07.